The van der Waals surface area contributed by atoms with Crippen molar-refractivity contribution in [2.45, 2.75) is 12.6 Å². The highest BCUT2D eigenvalue weighted by Crippen LogP contribution is 2.32. The van der Waals surface area contributed by atoms with Crippen molar-refractivity contribution < 1.29 is 13.2 Å². The molecule has 0 aliphatic rings. The van der Waals surface area contributed by atoms with Crippen LogP contribution < -0.4 is 0 Å². The van der Waals surface area contributed by atoms with Crippen LogP contribution in [0.25, 0.3) is 11.1 Å². The van der Waals surface area contributed by atoms with Crippen molar-refractivity contribution in [3.63, 3.8) is 0 Å². The fraction of sp³-hybridized carbons (Fsp3) is 0.133. The van der Waals surface area contributed by atoms with E-state index in [0.717, 1.165) is 17.2 Å². The van der Waals surface area contributed by atoms with Gasteiger partial charge in [-0.25, -0.2) is 0 Å². The van der Waals surface area contributed by atoms with Crippen LogP contribution in [0.3, 0.4) is 0 Å². The summed E-state index contributed by atoms with van der Waals surface area (Å²) in [4.78, 5) is 0. The Morgan fingerprint density at radius 3 is 2.11 bits per heavy atom. The molecule has 0 bridgehead atoms. The first-order valence-corrected chi connectivity index (χ1v) is 5.56. The maximum atomic E-state index is 12.6. The zero-order valence-electron chi connectivity index (χ0n) is 9.67. The quantitative estimate of drug-likeness (QED) is 0.720. The summed E-state index contributed by atoms with van der Waals surface area (Å²) >= 11 is 0. The lowest BCUT2D eigenvalue weighted by Crippen LogP contribution is -2.04. The van der Waals surface area contributed by atoms with Crippen LogP contribution in [0.4, 0.5) is 13.2 Å². The highest BCUT2D eigenvalue weighted by Gasteiger charge is 2.30. The molecule has 18 heavy (non-hydrogen) atoms. The molecular weight excluding hydrogens is 237 g/mol. The molecule has 0 fully saturated rings. The molecular formula is C15H12F3. The first-order valence-electron chi connectivity index (χ1n) is 5.56. The van der Waals surface area contributed by atoms with Crippen LogP contribution in [0.15, 0.2) is 48.5 Å². The third-order valence-corrected chi connectivity index (χ3v) is 2.77. The van der Waals surface area contributed by atoms with Gasteiger partial charge < -0.3 is 0 Å². The third-order valence-electron chi connectivity index (χ3n) is 2.77. The van der Waals surface area contributed by atoms with Crippen molar-refractivity contribution in [2.24, 2.45) is 0 Å². The van der Waals surface area contributed by atoms with Crippen molar-refractivity contribution in [1.29, 1.82) is 0 Å². The molecule has 93 valence electrons. The van der Waals surface area contributed by atoms with Gasteiger partial charge in [0.05, 0.1) is 5.56 Å². The average Bonchev–Trinajstić information content (AvgIpc) is 2.38. The highest BCUT2D eigenvalue weighted by molar-refractivity contribution is 5.64. The number of rotatable bonds is 2. The summed E-state index contributed by atoms with van der Waals surface area (Å²) in [6.07, 6.45) is -3.63. The predicted molar refractivity (Wildman–Crippen MR) is 65.9 cm³/mol. The summed E-state index contributed by atoms with van der Waals surface area (Å²) in [5.74, 6) is 0. The van der Waals surface area contributed by atoms with Crippen molar-refractivity contribution in [3.05, 3.63) is 66.6 Å². The maximum Gasteiger partial charge on any atom is 0.416 e. The first-order chi connectivity index (χ1) is 8.50. The molecule has 0 saturated heterocycles. The molecule has 0 atom stereocenters. The Morgan fingerprint density at radius 2 is 1.56 bits per heavy atom. The van der Waals surface area contributed by atoms with E-state index in [4.69, 9.17) is 0 Å². The van der Waals surface area contributed by atoms with E-state index in [-0.39, 0.29) is 0 Å². The minimum Gasteiger partial charge on any atom is -0.166 e. The van der Waals surface area contributed by atoms with Gasteiger partial charge in [0, 0.05) is 0 Å². The van der Waals surface area contributed by atoms with Gasteiger partial charge in [0.2, 0.25) is 0 Å². The van der Waals surface area contributed by atoms with Gasteiger partial charge in [-0.3, -0.25) is 0 Å². The lowest BCUT2D eigenvalue weighted by atomic mass is 10.0. The highest BCUT2D eigenvalue weighted by atomic mass is 19.4. The topological polar surface area (TPSA) is 0 Å². The Hall–Kier alpha value is -1.77. The van der Waals surface area contributed by atoms with E-state index in [1.807, 2.05) is 24.3 Å². The molecule has 0 N–H and O–H groups in total. The average molecular weight is 249 g/mol. The minimum atomic E-state index is -4.30. The second-order valence-electron chi connectivity index (χ2n) is 4.03. The van der Waals surface area contributed by atoms with Crippen molar-refractivity contribution in [2.75, 3.05) is 0 Å². The van der Waals surface area contributed by atoms with Gasteiger partial charge in [-0.1, -0.05) is 36.4 Å². The monoisotopic (exact) mass is 249 g/mol. The number of halogens is 3. The van der Waals surface area contributed by atoms with Gasteiger partial charge in [0.15, 0.2) is 0 Å². The molecule has 0 spiro atoms. The summed E-state index contributed by atoms with van der Waals surface area (Å²) in [6.45, 7) is 3.76. The SMILES string of the molecule is [CH2]Cc1ccc(-c2cccc(C(F)(F)F)c2)cc1. The molecule has 2 rings (SSSR count). The van der Waals surface area contributed by atoms with E-state index in [1.165, 1.54) is 12.1 Å². The van der Waals surface area contributed by atoms with E-state index in [1.54, 1.807) is 6.07 Å². The molecule has 2 aromatic carbocycles. The molecule has 0 aliphatic carbocycles. The van der Waals surface area contributed by atoms with Crippen LogP contribution in [-0.2, 0) is 12.6 Å². The van der Waals surface area contributed by atoms with E-state index in [9.17, 15) is 13.2 Å². The van der Waals surface area contributed by atoms with Gasteiger partial charge in [-0.05, 0) is 42.2 Å². The van der Waals surface area contributed by atoms with Crippen LogP contribution >= 0.6 is 0 Å². The fourth-order valence-corrected chi connectivity index (χ4v) is 1.74. The lowest BCUT2D eigenvalue weighted by molar-refractivity contribution is -0.137. The molecule has 0 nitrogen and oxygen atoms in total. The summed E-state index contributed by atoms with van der Waals surface area (Å²) in [5, 5.41) is 0. The minimum absolute atomic E-state index is 0.570. The zero-order chi connectivity index (χ0) is 13.2. The van der Waals surface area contributed by atoms with Crippen molar-refractivity contribution >= 4 is 0 Å². The Kier molecular flexibility index (Phi) is 3.41. The van der Waals surface area contributed by atoms with Crippen molar-refractivity contribution in [3.8, 4) is 11.1 Å². The number of alkyl halides is 3. The van der Waals surface area contributed by atoms with E-state index >= 15 is 0 Å². The molecule has 0 heterocycles. The van der Waals surface area contributed by atoms with Gasteiger partial charge in [-0.2, -0.15) is 13.2 Å². The van der Waals surface area contributed by atoms with Gasteiger partial charge in [-0.15, -0.1) is 0 Å². The standard InChI is InChI=1S/C15H12F3/c1-2-11-6-8-12(9-7-11)13-4-3-5-14(10-13)15(16,17)18/h3-10H,1-2H2. The Morgan fingerprint density at radius 1 is 0.889 bits per heavy atom. The normalized spacial score (nSPS) is 11.6. The second kappa shape index (κ2) is 4.84. The molecule has 3 heteroatoms. The molecule has 0 unspecified atom stereocenters. The summed E-state index contributed by atoms with van der Waals surface area (Å²) in [5.41, 5.74) is 1.78. The van der Waals surface area contributed by atoms with Gasteiger partial charge >= 0.3 is 6.18 Å². The number of hydrogen-bond donors (Lipinski definition) is 0. The largest absolute Gasteiger partial charge is 0.416 e. The van der Waals surface area contributed by atoms with E-state index in [0.29, 0.717) is 12.0 Å². The molecule has 0 aromatic heterocycles. The van der Waals surface area contributed by atoms with E-state index < -0.39 is 11.7 Å². The van der Waals surface area contributed by atoms with Crippen LogP contribution in [-0.4, -0.2) is 0 Å². The lowest BCUT2D eigenvalue weighted by Gasteiger charge is -2.09. The first kappa shape index (κ1) is 12.7. The summed E-state index contributed by atoms with van der Waals surface area (Å²) < 4.78 is 37.8. The van der Waals surface area contributed by atoms with Crippen molar-refractivity contribution in [1.82, 2.24) is 0 Å². The fourth-order valence-electron chi connectivity index (χ4n) is 1.74. The second-order valence-corrected chi connectivity index (χ2v) is 4.03. The van der Waals surface area contributed by atoms with Gasteiger partial charge in [0.1, 0.15) is 0 Å². The molecule has 2 aromatic rings. The predicted octanol–water partition coefficient (Wildman–Crippen LogP) is 4.75. The molecule has 0 amide bonds. The number of hydrogen-bond acceptors (Lipinski definition) is 0. The van der Waals surface area contributed by atoms with Gasteiger partial charge in [0.25, 0.3) is 0 Å². The van der Waals surface area contributed by atoms with Crippen LogP contribution in [0.1, 0.15) is 11.1 Å². The molecule has 1 radical (unpaired) electrons. The Bertz CT molecular complexity index is 524. The molecule has 0 aliphatic heterocycles. The van der Waals surface area contributed by atoms with Crippen LogP contribution in [0.5, 0.6) is 0 Å². The summed E-state index contributed by atoms with van der Waals surface area (Å²) in [6, 6.07) is 12.7. The van der Waals surface area contributed by atoms with E-state index in [2.05, 4.69) is 6.92 Å². The van der Waals surface area contributed by atoms with Crippen LogP contribution in [0.2, 0.25) is 0 Å². The molecule has 0 saturated carbocycles. The third kappa shape index (κ3) is 2.73. The summed E-state index contributed by atoms with van der Waals surface area (Å²) in [7, 11) is 0. The maximum absolute atomic E-state index is 12.6. The van der Waals surface area contributed by atoms with Crippen LogP contribution in [0, 0.1) is 6.92 Å². The Balaban J connectivity index is 2.38. The smallest absolute Gasteiger partial charge is 0.166 e. The Labute approximate surface area is 104 Å². The number of benzene rings is 2. The zero-order valence-corrected chi connectivity index (χ0v) is 9.67.